The molecule has 1 aliphatic heterocycles. The maximum atomic E-state index is 12.9. The van der Waals surface area contributed by atoms with Crippen molar-refractivity contribution in [2.24, 2.45) is 16.5 Å². The highest BCUT2D eigenvalue weighted by molar-refractivity contribution is 5.95. The van der Waals surface area contributed by atoms with Crippen LogP contribution in [0.3, 0.4) is 0 Å². The van der Waals surface area contributed by atoms with E-state index in [1.54, 1.807) is 60.4 Å². The van der Waals surface area contributed by atoms with E-state index in [-0.39, 0.29) is 17.8 Å². The Morgan fingerprint density at radius 2 is 1.54 bits per heavy atom. The van der Waals surface area contributed by atoms with Crippen LogP contribution in [0, 0.1) is 0 Å². The highest BCUT2D eigenvalue weighted by Crippen LogP contribution is 2.18. The van der Waals surface area contributed by atoms with Crippen LogP contribution in [0.25, 0.3) is 0 Å². The number of rotatable bonds is 9. The third-order valence-electron chi connectivity index (χ3n) is 5.49. The fourth-order valence-electron chi connectivity index (χ4n) is 3.69. The van der Waals surface area contributed by atoms with E-state index < -0.39 is 5.97 Å². The topological polar surface area (TPSA) is 141 Å². The number of carbonyl (C=O) groups is 3. The van der Waals surface area contributed by atoms with Crippen LogP contribution >= 0.6 is 0 Å². The molecule has 10 nitrogen and oxygen atoms in total. The fourth-order valence-corrected chi connectivity index (χ4v) is 3.69. The lowest BCUT2D eigenvalue weighted by Crippen LogP contribution is -2.48. The molecule has 1 aliphatic rings. The minimum absolute atomic E-state index is 0.0654. The molecule has 1 amide bonds. The Bertz CT molecular complexity index is 1040. The summed E-state index contributed by atoms with van der Waals surface area (Å²) in [6.07, 6.45) is 1.15. The van der Waals surface area contributed by atoms with Gasteiger partial charge in [-0.2, -0.15) is 0 Å². The Hall–Kier alpha value is -3.92. The molecule has 1 fully saturated rings. The first-order valence-electron chi connectivity index (χ1n) is 11.5. The maximum absolute atomic E-state index is 12.9. The number of amides is 1. The quantitative estimate of drug-likeness (QED) is 0.240. The Morgan fingerprint density at radius 3 is 2.14 bits per heavy atom. The molecule has 2 aromatic carbocycles. The number of carbonyl (C=O) groups excluding carboxylic acids is 3. The average molecular weight is 482 g/mol. The van der Waals surface area contributed by atoms with Gasteiger partial charge in [0, 0.05) is 38.2 Å². The van der Waals surface area contributed by atoms with E-state index in [2.05, 4.69) is 9.89 Å². The van der Waals surface area contributed by atoms with Crippen LogP contribution in [0.1, 0.15) is 40.5 Å². The van der Waals surface area contributed by atoms with Crippen molar-refractivity contribution in [3.63, 3.8) is 0 Å². The molecule has 0 saturated carbocycles. The molecule has 0 spiro atoms. The van der Waals surface area contributed by atoms with Crippen molar-refractivity contribution in [2.45, 2.75) is 19.8 Å². The molecule has 35 heavy (non-hydrogen) atoms. The van der Waals surface area contributed by atoms with Gasteiger partial charge >= 0.3 is 11.9 Å². The van der Waals surface area contributed by atoms with Gasteiger partial charge in [0.2, 0.25) is 0 Å². The van der Waals surface area contributed by atoms with Crippen LogP contribution in [-0.2, 0) is 9.53 Å². The van der Waals surface area contributed by atoms with Gasteiger partial charge in [0.15, 0.2) is 5.96 Å². The predicted molar refractivity (Wildman–Crippen MR) is 132 cm³/mol. The summed E-state index contributed by atoms with van der Waals surface area (Å²) < 4.78 is 10.3. The minimum Gasteiger partial charge on any atom is -0.466 e. The lowest BCUT2D eigenvalue weighted by Gasteiger charge is -2.34. The van der Waals surface area contributed by atoms with Crippen molar-refractivity contribution in [3.05, 3.63) is 59.7 Å². The van der Waals surface area contributed by atoms with E-state index in [0.29, 0.717) is 48.7 Å². The first kappa shape index (κ1) is 25.7. The number of hydrogen-bond donors (Lipinski definition) is 2. The van der Waals surface area contributed by atoms with E-state index in [4.69, 9.17) is 20.9 Å². The highest BCUT2D eigenvalue weighted by Gasteiger charge is 2.22. The first-order valence-corrected chi connectivity index (χ1v) is 11.5. The Balaban J connectivity index is 1.46. The number of esters is 2. The number of guanidine groups is 1. The van der Waals surface area contributed by atoms with Crippen molar-refractivity contribution in [3.8, 4) is 5.75 Å². The summed E-state index contributed by atoms with van der Waals surface area (Å²) in [4.78, 5) is 44.6. The molecule has 0 bridgehead atoms. The van der Waals surface area contributed by atoms with E-state index >= 15 is 0 Å². The van der Waals surface area contributed by atoms with Gasteiger partial charge in [-0.05, 0) is 68.4 Å². The zero-order valence-electron chi connectivity index (χ0n) is 19.8. The lowest BCUT2D eigenvalue weighted by molar-refractivity contribution is -0.143. The van der Waals surface area contributed by atoms with Crippen molar-refractivity contribution in [1.29, 1.82) is 0 Å². The first-order chi connectivity index (χ1) is 16.9. The van der Waals surface area contributed by atoms with Crippen LogP contribution < -0.4 is 16.2 Å². The summed E-state index contributed by atoms with van der Waals surface area (Å²) in [5.41, 5.74) is 12.1. The number of nitrogens with zero attached hydrogens (tertiary/aromatic N) is 3. The molecule has 0 aliphatic carbocycles. The molecule has 0 atom stereocenters. The molecule has 4 N–H and O–H groups in total. The van der Waals surface area contributed by atoms with Gasteiger partial charge < -0.3 is 25.8 Å². The summed E-state index contributed by atoms with van der Waals surface area (Å²) in [7, 11) is 0. The molecule has 0 radical (unpaired) electrons. The second kappa shape index (κ2) is 12.5. The zero-order valence-corrected chi connectivity index (χ0v) is 19.8. The van der Waals surface area contributed by atoms with E-state index in [0.717, 1.165) is 26.1 Å². The minimum atomic E-state index is -0.528. The summed E-state index contributed by atoms with van der Waals surface area (Å²) in [6.45, 7) is 5.75. The van der Waals surface area contributed by atoms with Gasteiger partial charge in [0.1, 0.15) is 5.75 Å². The lowest BCUT2D eigenvalue weighted by atomic mass is 10.1. The smallest absolute Gasteiger partial charge is 0.343 e. The van der Waals surface area contributed by atoms with Crippen molar-refractivity contribution < 1.29 is 23.9 Å². The molecule has 0 unspecified atom stereocenters. The predicted octanol–water partition coefficient (Wildman–Crippen LogP) is 1.91. The summed E-state index contributed by atoms with van der Waals surface area (Å²) >= 11 is 0. The third-order valence-corrected chi connectivity index (χ3v) is 5.49. The van der Waals surface area contributed by atoms with Crippen molar-refractivity contribution in [1.82, 2.24) is 9.80 Å². The monoisotopic (exact) mass is 481 g/mol. The maximum Gasteiger partial charge on any atom is 0.343 e. The van der Waals surface area contributed by atoms with Gasteiger partial charge in [-0.1, -0.05) is 0 Å². The van der Waals surface area contributed by atoms with E-state index in [9.17, 15) is 14.4 Å². The van der Waals surface area contributed by atoms with Crippen molar-refractivity contribution in [2.75, 3.05) is 39.3 Å². The SMILES string of the molecule is CCOC(=O)CCCN1CCN(C(=O)c2ccc(OC(=O)c3ccc(N=C(N)N)cc3)cc2)CC1. The second-order valence-corrected chi connectivity index (χ2v) is 8.04. The summed E-state index contributed by atoms with van der Waals surface area (Å²) in [6, 6.07) is 12.9. The molecular weight excluding hydrogens is 450 g/mol. The molecule has 10 heteroatoms. The van der Waals surface area contributed by atoms with Crippen LogP contribution in [0.5, 0.6) is 5.75 Å². The molecule has 3 rings (SSSR count). The molecule has 1 saturated heterocycles. The molecule has 0 aromatic heterocycles. The number of hydrogen-bond acceptors (Lipinski definition) is 7. The zero-order chi connectivity index (χ0) is 25.2. The highest BCUT2D eigenvalue weighted by atomic mass is 16.5. The van der Waals surface area contributed by atoms with E-state index in [1.807, 2.05) is 0 Å². The Labute approximate surface area is 204 Å². The Kier molecular flexibility index (Phi) is 9.19. The number of nitrogens with two attached hydrogens (primary N) is 2. The summed E-state index contributed by atoms with van der Waals surface area (Å²) in [5.74, 6) is -0.492. The number of aliphatic imine (C=N–C) groups is 1. The third kappa shape index (κ3) is 7.82. The molecular formula is C25H31N5O5. The van der Waals surface area contributed by atoms with Crippen LogP contribution in [0.15, 0.2) is 53.5 Å². The number of ether oxygens (including phenoxy) is 2. The van der Waals surface area contributed by atoms with Gasteiger partial charge in [0.05, 0.1) is 17.9 Å². The standard InChI is InChI=1S/C25H31N5O5/c1-2-34-22(31)4-3-13-29-14-16-30(17-15-29)23(32)18-7-11-21(12-8-18)35-24(33)19-5-9-20(10-6-19)28-25(26)27/h5-12H,2-4,13-17H2,1H3,(H4,26,27,28). The van der Waals surface area contributed by atoms with Gasteiger partial charge in [-0.3, -0.25) is 14.5 Å². The van der Waals surface area contributed by atoms with Crippen LogP contribution in [0.2, 0.25) is 0 Å². The Morgan fingerprint density at radius 1 is 0.914 bits per heavy atom. The number of benzene rings is 2. The normalized spacial score (nSPS) is 13.7. The molecule has 1 heterocycles. The van der Waals surface area contributed by atoms with Crippen molar-refractivity contribution >= 4 is 29.5 Å². The molecule has 186 valence electrons. The summed E-state index contributed by atoms with van der Waals surface area (Å²) in [5, 5.41) is 0. The van der Waals surface area contributed by atoms with E-state index in [1.165, 1.54) is 0 Å². The van der Waals surface area contributed by atoms with Crippen LogP contribution in [0.4, 0.5) is 5.69 Å². The van der Waals surface area contributed by atoms with Gasteiger partial charge in [-0.25, -0.2) is 9.79 Å². The second-order valence-electron chi connectivity index (χ2n) is 8.04. The van der Waals surface area contributed by atoms with Gasteiger partial charge in [-0.15, -0.1) is 0 Å². The van der Waals surface area contributed by atoms with Crippen LogP contribution in [-0.4, -0.2) is 72.9 Å². The average Bonchev–Trinajstić information content (AvgIpc) is 2.85. The number of piperazine rings is 1. The largest absolute Gasteiger partial charge is 0.466 e. The van der Waals surface area contributed by atoms with Gasteiger partial charge in [0.25, 0.3) is 5.91 Å². The fraction of sp³-hybridized carbons (Fsp3) is 0.360. The molecule has 2 aromatic rings.